The highest BCUT2D eigenvalue weighted by Crippen LogP contribution is 2.09. The lowest BCUT2D eigenvalue weighted by molar-refractivity contribution is 0.105. The Balaban J connectivity index is 0.00000288. The summed E-state index contributed by atoms with van der Waals surface area (Å²) < 4.78 is 10.7. The first-order chi connectivity index (χ1) is 11.3. The lowest BCUT2D eigenvalue weighted by Crippen LogP contribution is -2.37. The van der Waals surface area contributed by atoms with Gasteiger partial charge in [-0.25, -0.2) is 0 Å². The quantitative estimate of drug-likeness (QED) is 0.270. The Hall–Kier alpha value is -1.25. The summed E-state index contributed by atoms with van der Waals surface area (Å²) in [6, 6.07) is 11.5. The molecule has 0 radical (unpaired) electrons. The summed E-state index contributed by atoms with van der Waals surface area (Å²) in [6.45, 7) is 2.67. The first-order valence-electron chi connectivity index (χ1n) is 7.57. The summed E-state index contributed by atoms with van der Waals surface area (Å²) in [6.07, 6.45) is 2.54. The van der Waals surface area contributed by atoms with Crippen LogP contribution in [0.3, 0.4) is 0 Å². The molecule has 1 heterocycles. The van der Waals surface area contributed by atoms with Crippen LogP contribution in [-0.2, 0) is 17.9 Å². The van der Waals surface area contributed by atoms with Crippen molar-refractivity contribution in [1.82, 2.24) is 10.6 Å². The van der Waals surface area contributed by atoms with Crippen LogP contribution in [0.2, 0.25) is 5.02 Å². The van der Waals surface area contributed by atoms with Crippen molar-refractivity contribution in [2.45, 2.75) is 19.6 Å². The van der Waals surface area contributed by atoms with Crippen molar-refractivity contribution in [1.29, 1.82) is 0 Å². The number of furan rings is 1. The standard InChI is InChI=1S/C17H22ClN3O2.HI/c1-19-17(21-12-14-5-7-15(18)8-6-14)20-9-3-10-22-13-16-4-2-11-23-16;/h2,4-8,11H,3,9-10,12-13H2,1H3,(H2,19,20,21);1H. The normalized spacial score (nSPS) is 11.0. The van der Waals surface area contributed by atoms with Crippen molar-refractivity contribution in [3.8, 4) is 0 Å². The van der Waals surface area contributed by atoms with Gasteiger partial charge >= 0.3 is 0 Å². The molecule has 24 heavy (non-hydrogen) atoms. The first-order valence-corrected chi connectivity index (χ1v) is 7.95. The highest BCUT2D eigenvalue weighted by atomic mass is 127. The molecular weight excluding hydrogens is 441 g/mol. The zero-order valence-electron chi connectivity index (χ0n) is 13.6. The zero-order chi connectivity index (χ0) is 16.3. The van der Waals surface area contributed by atoms with E-state index in [1.165, 1.54) is 0 Å². The Morgan fingerprint density at radius 3 is 2.67 bits per heavy atom. The first kappa shape index (κ1) is 20.8. The summed E-state index contributed by atoms with van der Waals surface area (Å²) in [4.78, 5) is 4.19. The number of aliphatic imine (C=N–C) groups is 1. The number of rotatable bonds is 8. The second-order valence-electron chi connectivity index (χ2n) is 4.96. The van der Waals surface area contributed by atoms with E-state index in [4.69, 9.17) is 20.8 Å². The van der Waals surface area contributed by atoms with Crippen LogP contribution in [0.25, 0.3) is 0 Å². The van der Waals surface area contributed by atoms with Crippen LogP contribution in [-0.4, -0.2) is 26.2 Å². The predicted molar refractivity (Wildman–Crippen MR) is 108 cm³/mol. The van der Waals surface area contributed by atoms with E-state index >= 15 is 0 Å². The molecule has 0 spiro atoms. The molecular formula is C17H23ClIN3O2. The molecule has 0 aliphatic carbocycles. The maximum Gasteiger partial charge on any atom is 0.191 e. The Bertz CT molecular complexity index is 588. The third-order valence-electron chi connectivity index (χ3n) is 3.18. The Kier molecular flexibility index (Phi) is 10.5. The Morgan fingerprint density at radius 1 is 1.21 bits per heavy atom. The summed E-state index contributed by atoms with van der Waals surface area (Å²) in [5, 5.41) is 7.25. The second kappa shape index (κ2) is 12.2. The van der Waals surface area contributed by atoms with Gasteiger partial charge in [-0.3, -0.25) is 4.99 Å². The fourth-order valence-electron chi connectivity index (χ4n) is 1.96. The topological polar surface area (TPSA) is 58.8 Å². The van der Waals surface area contributed by atoms with Crippen molar-refractivity contribution in [3.63, 3.8) is 0 Å². The minimum Gasteiger partial charge on any atom is -0.467 e. The molecule has 2 N–H and O–H groups in total. The summed E-state index contributed by atoms with van der Waals surface area (Å²) >= 11 is 5.87. The maximum atomic E-state index is 5.87. The van der Waals surface area contributed by atoms with E-state index in [0.29, 0.717) is 19.8 Å². The third-order valence-corrected chi connectivity index (χ3v) is 3.43. The number of guanidine groups is 1. The lowest BCUT2D eigenvalue weighted by atomic mass is 10.2. The maximum absolute atomic E-state index is 5.87. The van der Waals surface area contributed by atoms with Gasteiger partial charge in [-0.15, -0.1) is 24.0 Å². The minimum absolute atomic E-state index is 0. The minimum atomic E-state index is 0. The molecule has 0 aliphatic rings. The van der Waals surface area contributed by atoms with Gasteiger partial charge in [0, 0.05) is 31.8 Å². The molecule has 5 nitrogen and oxygen atoms in total. The number of hydrogen-bond donors (Lipinski definition) is 2. The van der Waals surface area contributed by atoms with Crippen LogP contribution >= 0.6 is 35.6 Å². The van der Waals surface area contributed by atoms with Gasteiger partial charge in [0.25, 0.3) is 0 Å². The molecule has 0 amide bonds. The summed E-state index contributed by atoms with van der Waals surface area (Å²) in [5.41, 5.74) is 1.15. The molecule has 2 aromatic rings. The molecule has 0 saturated heterocycles. The van der Waals surface area contributed by atoms with E-state index in [0.717, 1.165) is 35.3 Å². The smallest absolute Gasteiger partial charge is 0.191 e. The lowest BCUT2D eigenvalue weighted by Gasteiger charge is -2.12. The van der Waals surface area contributed by atoms with E-state index in [1.807, 2.05) is 36.4 Å². The van der Waals surface area contributed by atoms with Gasteiger partial charge in [0.15, 0.2) is 5.96 Å². The molecule has 1 aromatic carbocycles. The van der Waals surface area contributed by atoms with E-state index in [-0.39, 0.29) is 24.0 Å². The van der Waals surface area contributed by atoms with Gasteiger partial charge in [-0.2, -0.15) is 0 Å². The molecule has 2 rings (SSSR count). The average molecular weight is 464 g/mol. The number of halogens is 2. The molecule has 0 atom stereocenters. The SMILES string of the molecule is CN=C(NCCCOCc1ccco1)NCc1ccc(Cl)cc1.I. The number of benzene rings is 1. The van der Waals surface area contributed by atoms with E-state index in [9.17, 15) is 0 Å². The van der Waals surface area contributed by atoms with Gasteiger partial charge in [0.1, 0.15) is 12.4 Å². The zero-order valence-corrected chi connectivity index (χ0v) is 16.7. The van der Waals surface area contributed by atoms with E-state index in [2.05, 4.69) is 15.6 Å². The molecule has 7 heteroatoms. The van der Waals surface area contributed by atoms with Crippen molar-refractivity contribution in [2.75, 3.05) is 20.2 Å². The van der Waals surface area contributed by atoms with Gasteiger partial charge in [-0.05, 0) is 36.2 Å². The van der Waals surface area contributed by atoms with Gasteiger partial charge in [0.2, 0.25) is 0 Å². The summed E-state index contributed by atoms with van der Waals surface area (Å²) in [7, 11) is 1.75. The average Bonchev–Trinajstić information content (AvgIpc) is 3.08. The molecule has 0 unspecified atom stereocenters. The van der Waals surface area contributed by atoms with Crippen LogP contribution in [0.15, 0.2) is 52.1 Å². The van der Waals surface area contributed by atoms with Gasteiger partial charge in [-0.1, -0.05) is 23.7 Å². The third kappa shape index (κ3) is 8.03. The van der Waals surface area contributed by atoms with Crippen molar-refractivity contribution >= 4 is 41.5 Å². The summed E-state index contributed by atoms with van der Waals surface area (Å²) in [5.74, 6) is 1.62. The van der Waals surface area contributed by atoms with E-state index in [1.54, 1.807) is 13.3 Å². The van der Waals surface area contributed by atoms with E-state index < -0.39 is 0 Å². The van der Waals surface area contributed by atoms with Crippen molar-refractivity contribution in [2.24, 2.45) is 4.99 Å². The molecule has 0 fully saturated rings. The van der Waals surface area contributed by atoms with Crippen LogP contribution in [0.4, 0.5) is 0 Å². The largest absolute Gasteiger partial charge is 0.467 e. The Labute approximate surface area is 164 Å². The van der Waals surface area contributed by atoms with Gasteiger partial charge < -0.3 is 19.8 Å². The monoisotopic (exact) mass is 463 g/mol. The number of ether oxygens (including phenoxy) is 1. The highest BCUT2D eigenvalue weighted by Gasteiger charge is 1.99. The number of nitrogens with one attached hydrogen (secondary N) is 2. The van der Waals surface area contributed by atoms with Crippen LogP contribution in [0.5, 0.6) is 0 Å². The van der Waals surface area contributed by atoms with Gasteiger partial charge in [0.05, 0.1) is 6.26 Å². The molecule has 1 aromatic heterocycles. The van der Waals surface area contributed by atoms with Crippen LogP contribution in [0, 0.1) is 0 Å². The number of nitrogens with zero attached hydrogens (tertiary/aromatic N) is 1. The molecule has 0 aliphatic heterocycles. The Morgan fingerprint density at radius 2 is 2.00 bits per heavy atom. The molecule has 132 valence electrons. The second-order valence-corrected chi connectivity index (χ2v) is 5.40. The predicted octanol–water partition coefficient (Wildman–Crippen LogP) is 3.82. The molecule has 0 bridgehead atoms. The van der Waals surface area contributed by atoms with Crippen LogP contribution < -0.4 is 10.6 Å². The number of hydrogen-bond acceptors (Lipinski definition) is 3. The van der Waals surface area contributed by atoms with Crippen molar-refractivity contribution < 1.29 is 9.15 Å². The van der Waals surface area contributed by atoms with Crippen molar-refractivity contribution in [3.05, 3.63) is 59.0 Å². The fraction of sp³-hybridized carbons (Fsp3) is 0.353. The highest BCUT2D eigenvalue weighted by molar-refractivity contribution is 14.0. The molecule has 0 saturated carbocycles. The van der Waals surface area contributed by atoms with Crippen LogP contribution in [0.1, 0.15) is 17.7 Å². The fourth-order valence-corrected chi connectivity index (χ4v) is 2.08.